The third-order valence-corrected chi connectivity index (χ3v) is 4.59. The van der Waals surface area contributed by atoms with Gasteiger partial charge in [0.1, 0.15) is 0 Å². The first-order valence-corrected chi connectivity index (χ1v) is 7.58. The second kappa shape index (κ2) is 5.41. The SMILES string of the molecule is O=C(c1ccccc1I)C1CCCc2cccnc21. The Morgan fingerprint density at radius 2 is 2.05 bits per heavy atom. The fourth-order valence-corrected chi connectivity index (χ4v) is 3.37. The quantitative estimate of drug-likeness (QED) is 0.597. The summed E-state index contributed by atoms with van der Waals surface area (Å²) in [5.74, 6) is 0.144. The molecule has 1 aromatic heterocycles. The summed E-state index contributed by atoms with van der Waals surface area (Å²) in [4.78, 5) is 17.2. The second-order valence-electron chi connectivity index (χ2n) is 4.84. The molecular weight excluding hydrogens is 349 g/mol. The van der Waals surface area contributed by atoms with E-state index in [2.05, 4.69) is 33.6 Å². The fraction of sp³-hybridized carbons (Fsp3) is 0.250. The van der Waals surface area contributed by atoms with Crippen LogP contribution in [0.2, 0.25) is 0 Å². The van der Waals surface area contributed by atoms with Crippen LogP contribution in [0.1, 0.15) is 40.4 Å². The van der Waals surface area contributed by atoms with E-state index in [1.54, 1.807) is 6.20 Å². The highest BCUT2D eigenvalue weighted by atomic mass is 127. The van der Waals surface area contributed by atoms with Crippen molar-refractivity contribution in [1.29, 1.82) is 0 Å². The molecule has 0 saturated carbocycles. The zero-order valence-electron chi connectivity index (χ0n) is 10.5. The van der Waals surface area contributed by atoms with Crippen molar-refractivity contribution in [1.82, 2.24) is 4.98 Å². The van der Waals surface area contributed by atoms with E-state index in [0.29, 0.717) is 0 Å². The van der Waals surface area contributed by atoms with Crippen LogP contribution < -0.4 is 0 Å². The van der Waals surface area contributed by atoms with Crippen LogP contribution >= 0.6 is 22.6 Å². The molecule has 0 amide bonds. The molecule has 1 atom stereocenters. The molecule has 1 aliphatic carbocycles. The van der Waals surface area contributed by atoms with Gasteiger partial charge in [-0.05, 0) is 59.5 Å². The number of halogens is 1. The number of aromatic nitrogens is 1. The molecule has 1 aromatic carbocycles. The van der Waals surface area contributed by atoms with Crippen molar-refractivity contribution >= 4 is 28.4 Å². The third-order valence-electron chi connectivity index (χ3n) is 3.65. The predicted octanol–water partition coefficient (Wildman–Crippen LogP) is 3.99. The van der Waals surface area contributed by atoms with Crippen molar-refractivity contribution in [2.75, 3.05) is 0 Å². The predicted molar refractivity (Wildman–Crippen MR) is 83.4 cm³/mol. The smallest absolute Gasteiger partial charge is 0.172 e. The summed E-state index contributed by atoms with van der Waals surface area (Å²) in [6.07, 6.45) is 4.81. The van der Waals surface area contributed by atoms with E-state index in [0.717, 1.165) is 34.1 Å². The molecule has 1 aliphatic rings. The summed E-state index contributed by atoms with van der Waals surface area (Å²) in [5.41, 5.74) is 3.04. The largest absolute Gasteiger partial charge is 0.293 e. The molecule has 1 unspecified atom stereocenters. The van der Waals surface area contributed by atoms with Gasteiger partial charge in [0, 0.05) is 15.3 Å². The Bertz CT molecular complexity index is 624. The summed E-state index contributed by atoms with van der Waals surface area (Å²) >= 11 is 2.23. The van der Waals surface area contributed by atoms with Gasteiger partial charge < -0.3 is 0 Å². The number of hydrogen-bond acceptors (Lipinski definition) is 2. The number of nitrogens with zero attached hydrogens (tertiary/aromatic N) is 1. The van der Waals surface area contributed by atoms with E-state index in [9.17, 15) is 4.79 Å². The van der Waals surface area contributed by atoms with Gasteiger partial charge in [-0.25, -0.2) is 0 Å². The summed E-state index contributed by atoms with van der Waals surface area (Å²) in [7, 11) is 0. The van der Waals surface area contributed by atoms with Gasteiger partial charge >= 0.3 is 0 Å². The molecule has 19 heavy (non-hydrogen) atoms. The Balaban J connectivity index is 2.00. The van der Waals surface area contributed by atoms with Gasteiger partial charge in [0.25, 0.3) is 0 Å². The monoisotopic (exact) mass is 363 g/mol. The molecule has 0 bridgehead atoms. The highest BCUT2D eigenvalue weighted by Gasteiger charge is 2.29. The van der Waals surface area contributed by atoms with Crippen LogP contribution in [0.15, 0.2) is 42.6 Å². The van der Waals surface area contributed by atoms with E-state index in [1.165, 1.54) is 5.56 Å². The Kier molecular flexibility index (Phi) is 3.64. The number of fused-ring (bicyclic) bond motifs is 1. The third kappa shape index (κ3) is 2.43. The van der Waals surface area contributed by atoms with E-state index in [4.69, 9.17) is 0 Å². The summed E-state index contributed by atoms with van der Waals surface area (Å²) in [6, 6.07) is 11.8. The molecule has 2 aromatic rings. The number of rotatable bonds is 2. The average Bonchev–Trinajstić information content (AvgIpc) is 2.46. The van der Waals surface area contributed by atoms with Gasteiger partial charge in [-0.15, -0.1) is 0 Å². The van der Waals surface area contributed by atoms with Crippen molar-refractivity contribution in [2.24, 2.45) is 0 Å². The molecule has 96 valence electrons. The Morgan fingerprint density at radius 1 is 1.21 bits per heavy atom. The molecular formula is C16H14INO. The molecule has 0 saturated heterocycles. The van der Waals surface area contributed by atoms with Crippen LogP contribution in [0.25, 0.3) is 0 Å². The number of carbonyl (C=O) groups is 1. The van der Waals surface area contributed by atoms with Crippen LogP contribution in [0.4, 0.5) is 0 Å². The first kappa shape index (κ1) is 12.8. The topological polar surface area (TPSA) is 30.0 Å². The molecule has 0 radical (unpaired) electrons. The number of aryl methyl sites for hydroxylation is 1. The average molecular weight is 363 g/mol. The normalized spacial score (nSPS) is 17.8. The van der Waals surface area contributed by atoms with Crippen molar-refractivity contribution in [3.8, 4) is 0 Å². The molecule has 2 nitrogen and oxygen atoms in total. The lowest BCUT2D eigenvalue weighted by atomic mass is 9.82. The second-order valence-corrected chi connectivity index (χ2v) is 6.00. The lowest BCUT2D eigenvalue weighted by Crippen LogP contribution is -2.20. The summed E-state index contributed by atoms with van der Waals surface area (Å²) < 4.78 is 1.02. The lowest BCUT2D eigenvalue weighted by molar-refractivity contribution is 0.0948. The van der Waals surface area contributed by atoms with Gasteiger partial charge in [-0.2, -0.15) is 0 Å². The van der Waals surface area contributed by atoms with Gasteiger partial charge in [0.2, 0.25) is 0 Å². The lowest BCUT2D eigenvalue weighted by Gasteiger charge is -2.23. The number of pyridine rings is 1. The molecule has 0 aliphatic heterocycles. The maximum Gasteiger partial charge on any atom is 0.172 e. The van der Waals surface area contributed by atoms with E-state index in [1.807, 2.05) is 30.3 Å². The molecule has 0 N–H and O–H groups in total. The van der Waals surface area contributed by atoms with Crippen molar-refractivity contribution < 1.29 is 4.79 Å². The fourth-order valence-electron chi connectivity index (χ4n) is 2.71. The van der Waals surface area contributed by atoms with Gasteiger partial charge in [0.05, 0.1) is 11.6 Å². The minimum Gasteiger partial charge on any atom is -0.293 e. The summed E-state index contributed by atoms with van der Waals surface area (Å²) in [6.45, 7) is 0. The Labute approximate surface area is 126 Å². The molecule has 0 spiro atoms. The number of ketones is 1. The van der Waals surface area contributed by atoms with Crippen LogP contribution in [0, 0.1) is 3.57 Å². The molecule has 3 rings (SSSR count). The maximum atomic E-state index is 12.7. The highest BCUT2D eigenvalue weighted by molar-refractivity contribution is 14.1. The van der Waals surface area contributed by atoms with Crippen LogP contribution in [0.3, 0.4) is 0 Å². The van der Waals surface area contributed by atoms with Crippen LogP contribution in [-0.2, 0) is 6.42 Å². The van der Waals surface area contributed by atoms with Crippen molar-refractivity contribution in [2.45, 2.75) is 25.2 Å². The van der Waals surface area contributed by atoms with Gasteiger partial charge in [-0.3, -0.25) is 9.78 Å². The van der Waals surface area contributed by atoms with Gasteiger partial charge in [0.15, 0.2) is 5.78 Å². The molecule has 1 heterocycles. The first-order valence-electron chi connectivity index (χ1n) is 6.50. The summed E-state index contributed by atoms with van der Waals surface area (Å²) in [5, 5.41) is 0. The van der Waals surface area contributed by atoms with Crippen molar-refractivity contribution in [3.05, 3.63) is 63.0 Å². The zero-order chi connectivity index (χ0) is 13.2. The number of hydrogen-bond donors (Lipinski definition) is 0. The van der Waals surface area contributed by atoms with Crippen molar-refractivity contribution in [3.63, 3.8) is 0 Å². The molecule has 3 heteroatoms. The minimum atomic E-state index is -0.0686. The Hall–Kier alpha value is -1.23. The van der Waals surface area contributed by atoms with E-state index < -0.39 is 0 Å². The van der Waals surface area contributed by atoms with Gasteiger partial charge in [-0.1, -0.05) is 24.3 Å². The first-order chi connectivity index (χ1) is 9.27. The number of carbonyl (C=O) groups excluding carboxylic acids is 1. The number of benzene rings is 1. The van der Waals surface area contributed by atoms with E-state index >= 15 is 0 Å². The minimum absolute atomic E-state index is 0.0686. The van der Waals surface area contributed by atoms with Crippen LogP contribution in [-0.4, -0.2) is 10.8 Å². The number of Topliss-reactive ketones (excluding diaryl/α,β-unsaturated/α-hetero) is 1. The van der Waals surface area contributed by atoms with E-state index in [-0.39, 0.29) is 11.7 Å². The highest BCUT2D eigenvalue weighted by Crippen LogP contribution is 2.33. The molecule has 0 fully saturated rings. The van der Waals surface area contributed by atoms with Crippen LogP contribution in [0.5, 0.6) is 0 Å². The Morgan fingerprint density at radius 3 is 2.89 bits per heavy atom. The zero-order valence-corrected chi connectivity index (χ0v) is 12.6. The maximum absolute atomic E-state index is 12.7. The standard InChI is InChI=1S/C16H14INO/c17-14-9-2-1-7-12(14)16(19)13-8-3-5-11-6-4-10-18-15(11)13/h1-2,4,6-7,9-10,13H,3,5,8H2.